The number of aromatic hydroxyl groups is 1. The number of phenols is 1. The second kappa shape index (κ2) is 10.6. The number of nitrogens with zero attached hydrogens (tertiary/aromatic N) is 2. The van der Waals surface area contributed by atoms with E-state index in [1.807, 2.05) is 72.8 Å². The Morgan fingerprint density at radius 1 is 0.881 bits per heavy atom. The number of anilines is 2. The standard InChI is InChI=1S/C21H29NO2.C15H12N2O/c23-17-7-6-16-12-19-21(24)9-2-1-8-20(21,18(16)13-17)10-11-22(19)14-15-4-3-5-15;16-15(18)17-13-7-3-1-5-11(13)9-10-12-6-2-4-8-14(12)17/h6-7,13,15,19,23-24H,1-5,8-12,14H2;1-10H,(H2,16,18)/t19-,20+,21-;/m1./s1. The molecule has 6 nitrogen and oxygen atoms in total. The molecule has 42 heavy (non-hydrogen) atoms. The molecule has 0 unspecified atom stereocenters. The summed E-state index contributed by atoms with van der Waals surface area (Å²) in [6.07, 6.45) is 14.5. The summed E-state index contributed by atoms with van der Waals surface area (Å²) >= 11 is 0. The smallest absolute Gasteiger partial charge is 0.323 e. The highest BCUT2D eigenvalue weighted by atomic mass is 16.3. The Labute approximate surface area is 248 Å². The van der Waals surface area contributed by atoms with E-state index in [1.165, 1.54) is 43.4 Å². The Balaban J connectivity index is 0.000000143. The minimum Gasteiger partial charge on any atom is -0.508 e. The number of para-hydroxylation sites is 2. The van der Waals surface area contributed by atoms with E-state index in [0.29, 0.717) is 5.75 Å². The van der Waals surface area contributed by atoms with Gasteiger partial charge in [-0.05, 0) is 97.5 Å². The predicted octanol–water partition coefficient (Wildman–Crippen LogP) is 6.75. The molecular weight excluding hydrogens is 522 g/mol. The van der Waals surface area contributed by atoms with Crippen molar-refractivity contribution in [2.75, 3.05) is 18.0 Å². The van der Waals surface area contributed by atoms with Crippen LogP contribution in [0.15, 0.2) is 66.7 Å². The van der Waals surface area contributed by atoms with Crippen LogP contribution in [0.25, 0.3) is 12.2 Å². The zero-order valence-corrected chi connectivity index (χ0v) is 24.2. The van der Waals surface area contributed by atoms with E-state index in [2.05, 4.69) is 11.0 Å². The van der Waals surface area contributed by atoms with Gasteiger partial charge in [-0.2, -0.15) is 0 Å². The molecule has 1 saturated heterocycles. The molecule has 6 heteroatoms. The summed E-state index contributed by atoms with van der Waals surface area (Å²) in [4.78, 5) is 15.9. The quantitative estimate of drug-likeness (QED) is 0.322. The Hall–Kier alpha value is -3.61. The van der Waals surface area contributed by atoms with Gasteiger partial charge in [0.05, 0.1) is 17.0 Å². The normalized spacial score (nSPS) is 27.6. The number of nitrogens with two attached hydrogens (primary N) is 1. The van der Waals surface area contributed by atoms with Gasteiger partial charge in [-0.25, -0.2) is 4.79 Å². The average Bonchev–Trinajstić information content (AvgIpc) is 3.13. The molecule has 5 aliphatic rings. The summed E-state index contributed by atoms with van der Waals surface area (Å²) in [6.45, 7) is 2.29. The molecule has 2 heterocycles. The van der Waals surface area contributed by atoms with E-state index in [4.69, 9.17) is 5.73 Å². The van der Waals surface area contributed by atoms with Gasteiger partial charge in [0.1, 0.15) is 5.75 Å². The summed E-state index contributed by atoms with van der Waals surface area (Å²) in [7, 11) is 0. The first-order valence-corrected chi connectivity index (χ1v) is 15.6. The van der Waals surface area contributed by atoms with E-state index >= 15 is 0 Å². The van der Waals surface area contributed by atoms with Gasteiger partial charge in [0.2, 0.25) is 0 Å². The van der Waals surface area contributed by atoms with Gasteiger partial charge >= 0.3 is 6.03 Å². The molecule has 4 N–H and O–H groups in total. The van der Waals surface area contributed by atoms with Gasteiger partial charge in [-0.15, -0.1) is 0 Å². The van der Waals surface area contributed by atoms with Crippen LogP contribution in [0.5, 0.6) is 5.75 Å². The minimum absolute atomic E-state index is 0.127. The molecule has 218 valence electrons. The lowest BCUT2D eigenvalue weighted by molar-refractivity contribution is -0.169. The van der Waals surface area contributed by atoms with Gasteiger partial charge in [-0.1, -0.05) is 73.9 Å². The number of amides is 2. The van der Waals surface area contributed by atoms with Crippen molar-refractivity contribution >= 4 is 29.6 Å². The van der Waals surface area contributed by atoms with Crippen LogP contribution in [0.2, 0.25) is 0 Å². The number of phenolic OH excluding ortho intramolecular Hbond substituents is 1. The number of fused-ring (bicyclic) bond motifs is 3. The number of urea groups is 1. The lowest BCUT2D eigenvalue weighted by atomic mass is 9.49. The largest absolute Gasteiger partial charge is 0.508 e. The average molecular weight is 564 g/mol. The van der Waals surface area contributed by atoms with Crippen LogP contribution >= 0.6 is 0 Å². The van der Waals surface area contributed by atoms with Crippen molar-refractivity contribution in [3.63, 3.8) is 0 Å². The summed E-state index contributed by atoms with van der Waals surface area (Å²) in [6, 6.07) is 21.1. The molecule has 2 bridgehead atoms. The number of carbonyl (C=O) groups excluding carboxylic acids is 1. The molecule has 3 fully saturated rings. The van der Waals surface area contributed by atoms with Crippen LogP contribution in [0.4, 0.5) is 16.2 Å². The maximum atomic E-state index is 11.9. The number of rotatable bonds is 2. The van der Waals surface area contributed by atoms with Gasteiger partial charge in [0, 0.05) is 18.0 Å². The van der Waals surface area contributed by atoms with Crippen LogP contribution in [-0.4, -0.2) is 45.9 Å². The molecular formula is C36H41N3O3. The monoisotopic (exact) mass is 563 g/mol. The topological polar surface area (TPSA) is 90.0 Å². The first-order valence-electron chi connectivity index (χ1n) is 15.6. The Bertz CT molecular complexity index is 1480. The Morgan fingerprint density at radius 2 is 1.55 bits per heavy atom. The molecule has 3 atom stereocenters. The van der Waals surface area contributed by atoms with E-state index in [-0.39, 0.29) is 11.5 Å². The van der Waals surface area contributed by atoms with Gasteiger partial charge in [0.15, 0.2) is 0 Å². The highest BCUT2D eigenvalue weighted by Crippen LogP contribution is 2.58. The van der Waals surface area contributed by atoms with Crippen molar-refractivity contribution in [1.82, 2.24) is 4.90 Å². The van der Waals surface area contributed by atoms with Crippen LogP contribution < -0.4 is 10.6 Å². The fourth-order valence-electron chi connectivity index (χ4n) is 8.53. The third-order valence-corrected chi connectivity index (χ3v) is 10.8. The maximum absolute atomic E-state index is 11.9. The van der Waals surface area contributed by atoms with E-state index in [0.717, 1.165) is 67.1 Å². The zero-order valence-electron chi connectivity index (χ0n) is 24.2. The molecule has 3 aliphatic carbocycles. The SMILES string of the molecule is NC(=O)N1c2ccccc2C=Cc2ccccc21.Oc1ccc2c(c1)[C@@]13CCCC[C@@]1(O)[C@@H](C2)N(CC1CCC1)CC3. The lowest BCUT2D eigenvalue weighted by Crippen LogP contribution is -2.72. The second-order valence-corrected chi connectivity index (χ2v) is 12.9. The summed E-state index contributed by atoms with van der Waals surface area (Å²) in [5.74, 6) is 1.21. The zero-order chi connectivity index (χ0) is 28.9. The van der Waals surface area contributed by atoms with E-state index in [9.17, 15) is 15.0 Å². The van der Waals surface area contributed by atoms with Crippen molar-refractivity contribution in [2.45, 2.75) is 74.8 Å². The highest BCUT2D eigenvalue weighted by molar-refractivity contribution is 6.04. The molecule has 0 spiro atoms. The van der Waals surface area contributed by atoms with E-state index < -0.39 is 11.6 Å². The number of hydrogen-bond acceptors (Lipinski definition) is 4. The Morgan fingerprint density at radius 3 is 2.19 bits per heavy atom. The van der Waals surface area contributed by atoms with Crippen LogP contribution in [0.3, 0.4) is 0 Å². The van der Waals surface area contributed by atoms with Crippen LogP contribution in [0.1, 0.15) is 73.6 Å². The number of likely N-dealkylation sites (tertiary alicyclic amines) is 1. The molecule has 0 radical (unpaired) electrons. The third kappa shape index (κ3) is 4.35. The van der Waals surface area contributed by atoms with Crippen molar-refractivity contribution in [3.05, 3.63) is 89.0 Å². The lowest BCUT2D eigenvalue weighted by Gasteiger charge is -2.64. The number of hydrogen-bond donors (Lipinski definition) is 3. The predicted molar refractivity (Wildman–Crippen MR) is 168 cm³/mol. The first kappa shape index (κ1) is 27.2. The molecule has 8 rings (SSSR count). The number of piperidine rings is 1. The molecule has 2 amide bonds. The van der Waals surface area contributed by atoms with Crippen molar-refractivity contribution in [3.8, 4) is 5.75 Å². The molecule has 2 saturated carbocycles. The fraction of sp³-hybridized carbons (Fsp3) is 0.417. The second-order valence-electron chi connectivity index (χ2n) is 12.9. The number of primary amides is 1. The summed E-state index contributed by atoms with van der Waals surface area (Å²) in [5.41, 5.74) is 11.0. The summed E-state index contributed by atoms with van der Waals surface area (Å²) < 4.78 is 0. The first-order chi connectivity index (χ1) is 20.4. The summed E-state index contributed by atoms with van der Waals surface area (Å²) in [5, 5.41) is 22.0. The van der Waals surface area contributed by atoms with Gasteiger partial charge < -0.3 is 15.9 Å². The maximum Gasteiger partial charge on any atom is 0.323 e. The minimum atomic E-state index is -0.603. The van der Waals surface area contributed by atoms with Gasteiger partial charge in [-0.3, -0.25) is 9.80 Å². The molecule has 3 aromatic carbocycles. The Kier molecular flexibility index (Phi) is 6.87. The third-order valence-electron chi connectivity index (χ3n) is 10.8. The molecule has 3 aromatic rings. The van der Waals surface area contributed by atoms with Crippen LogP contribution in [0, 0.1) is 5.92 Å². The number of aliphatic hydroxyl groups is 1. The van der Waals surface area contributed by atoms with Crippen molar-refractivity contribution in [1.29, 1.82) is 0 Å². The number of carbonyl (C=O) groups is 1. The fourth-order valence-corrected chi connectivity index (χ4v) is 8.53. The van der Waals surface area contributed by atoms with E-state index in [1.54, 1.807) is 4.90 Å². The highest BCUT2D eigenvalue weighted by Gasteiger charge is 2.63. The van der Waals surface area contributed by atoms with Crippen molar-refractivity contribution in [2.24, 2.45) is 11.7 Å². The van der Waals surface area contributed by atoms with Gasteiger partial charge in [0.25, 0.3) is 0 Å². The molecule has 2 aliphatic heterocycles. The van der Waals surface area contributed by atoms with Crippen LogP contribution in [-0.2, 0) is 11.8 Å². The molecule has 0 aromatic heterocycles. The van der Waals surface area contributed by atoms with Crippen molar-refractivity contribution < 1.29 is 15.0 Å². The number of benzene rings is 3.